The van der Waals surface area contributed by atoms with Crippen LogP contribution >= 0.6 is 0 Å². The molecular formula is C21H29N3O3. The zero-order valence-corrected chi connectivity index (χ0v) is 15.8. The summed E-state index contributed by atoms with van der Waals surface area (Å²) in [5.74, 6) is 0.313. The number of fused-ring (bicyclic) bond motifs is 1. The van der Waals surface area contributed by atoms with E-state index in [-0.39, 0.29) is 24.5 Å². The second-order valence-electron chi connectivity index (χ2n) is 7.98. The number of anilines is 2. The number of piperidine rings is 2. The Hall–Kier alpha value is -2.08. The van der Waals surface area contributed by atoms with Crippen molar-refractivity contribution in [2.24, 2.45) is 5.92 Å². The largest absolute Gasteiger partial charge is 0.396 e. The number of aliphatic hydroxyl groups excluding tert-OH is 1. The minimum atomic E-state index is -0.243. The van der Waals surface area contributed by atoms with Gasteiger partial charge in [0.15, 0.2) is 0 Å². The van der Waals surface area contributed by atoms with Gasteiger partial charge in [0.1, 0.15) is 6.04 Å². The average Bonchev–Trinajstić information content (AvgIpc) is 2.68. The number of aliphatic hydroxyl groups is 1. The van der Waals surface area contributed by atoms with Crippen molar-refractivity contribution in [3.63, 3.8) is 0 Å². The molecule has 1 atom stereocenters. The number of imide groups is 1. The molecular weight excluding hydrogens is 342 g/mol. The Morgan fingerprint density at radius 1 is 1.04 bits per heavy atom. The fraction of sp³-hybridized carbons (Fsp3) is 0.619. The van der Waals surface area contributed by atoms with Crippen LogP contribution in [0.4, 0.5) is 11.4 Å². The first-order valence-electron chi connectivity index (χ1n) is 10.3. The predicted octanol–water partition coefficient (Wildman–Crippen LogP) is 1.84. The minimum absolute atomic E-state index is 0.158. The zero-order chi connectivity index (χ0) is 18.8. The molecule has 6 nitrogen and oxygen atoms in total. The number of hydrogen-bond donors (Lipinski definition) is 2. The molecule has 0 spiro atoms. The molecule has 146 valence electrons. The van der Waals surface area contributed by atoms with Gasteiger partial charge in [0.25, 0.3) is 0 Å². The summed E-state index contributed by atoms with van der Waals surface area (Å²) < 4.78 is 0. The molecule has 1 aromatic rings. The smallest absolute Gasteiger partial charge is 0.249 e. The summed E-state index contributed by atoms with van der Waals surface area (Å²) in [7, 11) is 0. The van der Waals surface area contributed by atoms with Crippen molar-refractivity contribution in [2.45, 2.75) is 51.0 Å². The number of carbonyl (C=O) groups excluding carboxylic acids is 2. The second kappa shape index (κ2) is 7.89. The molecule has 1 aromatic carbocycles. The maximum absolute atomic E-state index is 12.4. The van der Waals surface area contributed by atoms with Gasteiger partial charge in [0.05, 0.1) is 0 Å². The Morgan fingerprint density at radius 3 is 2.56 bits per heavy atom. The van der Waals surface area contributed by atoms with Crippen LogP contribution in [0.25, 0.3) is 0 Å². The molecule has 4 rings (SSSR count). The summed E-state index contributed by atoms with van der Waals surface area (Å²) in [6.45, 7) is 3.20. The van der Waals surface area contributed by atoms with Gasteiger partial charge in [-0.3, -0.25) is 14.9 Å². The van der Waals surface area contributed by atoms with Gasteiger partial charge in [-0.15, -0.1) is 0 Å². The number of nitrogens with zero attached hydrogens (tertiary/aromatic N) is 2. The van der Waals surface area contributed by atoms with Crippen molar-refractivity contribution in [2.75, 3.05) is 36.0 Å². The van der Waals surface area contributed by atoms with Crippen LogP contribution in [0.5, 0.6) is 0 Å². The Labute approximate surface area is 160 Å². The van der Waals surface area contributed by atoms with Crippen LogP contribution in [0.3, 0.4) is 0 Å². The third-order valence-electron chi connectivity index (χ3n) is 6.34. The van der Waals surface area contributed by atoms with Gasteiger partial charge in [-0.1, -0.05) is 6.07 Å². The third kappa shape index (κ3) is 3.68. The van der Waals surface area contributed by atoms with Gasteiger partial charge >= 0.3 is 0 Å². The lowest BCUT2D eigenvalue weighted by atomic mass is 9.91. The van der Waals surface area contributed by atoms with E-state index in [1.807, 2.05) is 0 Å². The van der Waals surface area contributed by atoms with Gasteiger partial charge in [0, 0.05) is 44.0 Å². The van der Waals surface area contributed by atoms with E-state index < -0.39 is 0 Å². The molecule has 6 heteroatoms. The quantitative estimate of drug-likeness (QED) is 0.790. The molecule has 3 aliphatic rings. The van der Waals surface area contributed by atoms with E-state index in [4.69, 9.17) is 0 Å². The molecule has 2 fully saturated rings. The van der Waals surface area contributed by atoms with Crippen LogP contribution in [0, 0.1) is 5.92 Å². The predicted molar refractivity (Wildman–Crippen MR) is 105 cm³/mol. The fourth-order valence-corrected chi connectivity index (χ4v) is 4.88. The Morgan fingerprint density at radius 2 is 1.81 bits per heavy atom. The van der Waals surface area contributed by atoms with Crippen molar-refractivity contribution < 1.29 is 14.7 Å². The van der Waals surface area contributed by atoms with Crippen LogP contribution in [-0.2, 0) is 16.0 Å². The minimum Gasteiger partial charge on any atom is -0.396 e. The molecule has 0 unspecified atom stereocenters. The number of nitrogens with one attached hydrogen (secondary N) is 1. The average molecular weight is 371 g/mol. The molecule has 3 heterocycles. The van der Waals surface area contributed by atoms with Gasteiger partial charge in [0.2, 0.25) is 11.8 Å². The van der Waals surface area contributed by atoms with Gasteiger partial charge in [-0.05, 0) is 62.1 Å². The highest BCUT2D eigenvalue weighted by Gasteiger charge is 2.35. The molecule has 2 amide bonds. The van der Waals surface area contributed by atoms with Crippen LogP contribution in [0.15, 0.2) is 18.2 Å². The Balaban J connectivity index is 1.56. The van der Waals surface area contributed by atoms with Crippen LogP contribution in [-0.4, -0.2) is 49.2 Å². The van der Waals surface area contributed by atoms with Crippen LogP contribution < -0.4 is 15.1 Å². The normalized spacial score (nSPS) is 24.0. The summed E-state index contributed by atoms with van der Waals surface area (Å²) in [5.41, 5.74) is 3.80. The monoisotopic (exact) mass is 371 g/mol. The molecule has 27 heavy (non-hydrogen) atoms. The van der Waals surface area contributed by atoms with Gasteiger partial charge in [-0.25, -0.2) is 0 Å². The first-order chi connectivity index (χ1) is 13.2. The van der Waals surface area contributed by atoms with Crippen molar-refractivity contribution >= 4 is 23.2 Å². The van der Waals surface area contributed by atoms with E-state index in [1.165, 1.54) is 11.3 Å². The van der Waals surface area contributed by atoms with Crippen molar-refractivity contribution in [1.29, 1.82) is 0 Å². The van der Waals surface area contributed by atoms with Crippen molar-refractivity contribution in [1.82, 2.24) is 5.32 Å². The number of rotatable bonds is 4. The summed E-state index contributed by atoms with van der Waals surface area (Å²) in [5, 5.41) is 11.7. The highest BCUT2D eigenvalue weighted by atomic mass is 16.3. The second-order valence-corrected chi connectivity index (χ2v) is 7.98. The summed E-state index contributed by atoms with van der Waals surface area (Å²) >= 11 is 0. The number of benzene rings is 1. The molecule has 0 aliphatic carbocycles. The number of hydrogen-bond acceptors (Lipinski definition) is 5. The number of carbonyl (C=O) groups is 2. The first kappa shape index (κ1) is 18.3. The molecule has 2 saturated heterocycles. The molecule has 2 N–H and O–H groups in total. The lowest BCUT2D eigenvalue weighted by Gasteiger charge is -2.41. The van der Waals surface area contributed by atoms with Gasteiger partial charge in [-0.2, -0.15) is 0 Å². The standard InChI is InChI=1S/C21H29N3O3/c25-14-10-15-8-12-23(13-9-15)17-4-1-5-18-16(17)3-2-11-24(18)19-6-7-20(26)22-21(19)27/h1,4-5,15,19,25H,2-3,6-14H2,(H,22,26,27)/t19-/m1/s1. The maximum Gasteiger partial charge on any atom is 0.249 e. The third-order valence-corrected chi connectivity index (χ3v) is 6.34. The fourth-order valence-electron chi connectivity index (χ4n) is 4.88. The highest BCUT2D eigenvalue weighted by Crippen LogP contribution is 2.38. The zero-order valence-electron chi connectivity index (χ0n) is 15.8. The van der Waals surface area contributed by atoms with E-state index in [0.29, 0.717) is 18.8 Å². The van der Waals surface area contributed by atoms with Gasteiger partial charge < -0.3 is 14.9 Å². The number of amides is 2. The topological polar surface area (TPSA) is 72.9 Å². The van der Waals surface area contributed by atoms with E-state index in [0.717, 1.165) is 57.4 Å². The van der Waals surface area contributed by atoms with Crippen LogP contribution in [0.1, 0.15) is 44.1 Å². The Bertz CT molecular complexity index is 713. The lowest BCUT2D eigenvalue weighted by Crippen LogP contribution is -2.54. The Kier molecular flexibility index (Phi) is 5.34. The first-order valence-corrected chi connectivity index (χ1v) is 10.3. The molecule has 3 aliphatic heterocycles. The summed E-state index contributed by atoms with van der Waals surface area (Å²) in [6.07, 6.45) is 6.24. The summed E-state index contributed by atoms with van der Waals surface area (Å²) in [4.78, 5) is 28.6. The SMILES string of the molecule is O=C1CC[C@@H](N2CCCc3c(N4CCC(CCO)CC4)cccc32)C(=O)N1. The molecule has 0 radical (unpaired) electrons. The van der Waals surface area contributed by atoms with E-state index in [9.17, 15) is 14.7 Å². The van der Waals surface area contributed by atoms with Crippen LogP contribution in [0.2, 0.25) is 0 Å². The van der Waals surface area contributed by atoms with Crippen molar-refractivity contribution in [3.05, 3.63) is 23.8 Å². The van der Waals surface area contributed by atoms with Crippen molar-refractivity contribution in [3.8, 4) is 0 Å². The van der Waals surface area contributed by atoms with E-state index >= 15 is 0 Å². The molecule has 0 bridgehead atoms. The highest BCUT2D eigenvalue weighted by molar-refractivity contribution is 6.01. The molecule has 0 saturated carbocycles. The lowest BCUT2D eigenvalue weighted by molar-refractivity contribution is -0.134. The maximum atomic E-state index is 12.4. The molecule has 0 aromatic heterocycles. The summed E-state index contributed by atoms with van der Waals surface area (Å²) in [6, 6.07) is 6.18. The van der Waals surface area contributed by atoms with E-state index in [2.05, 4.69) is 33.3 Å². The van der Waals surface area contributed by atoms with E-state index in [1.54, 1.807) is 0 Å².